The number of halogens is 1. The maximum Gasteiger partial charge on any atom is 0.315 e. The summed E-state index contributed by atoms with van der Waals surface area (Å²) in [5, 5.41) is 0.551. The van der Waals surface area contributed by atoms with Crippen molar-refractivity contribution in [1.82, 2.24) is 4.31 Å². The molecule has 1 saturated heterocycles. The van der Waals surface area contributed by atoms with E-state index in [0.717, 1.165) is 5.56 Å². The maximum absolute atomic E-state index is 13.0. The minimum absolute atomic E-state index is 0.0230. The van der Waals surface area contributed by atoms with Crippen LogP contribution in [0.3, 0.4) is 0 Å². The Kier molecular flexibility index (Phi) is 6.79. The number of hydrogen-bond donors (Lipinski definition) is 0. The molecule has 0 N–H and O–H groups in total. The van der Waals surface area contributed by atoms with Crippen molar-refractivity contribution in [3.63, 3.8) is 0 Å². The first-order valence-corrected chi connectivity index (χ1v) is 10.8. The van der Waals surface area contributed by atoms with Crippen LogP contribution in [0.1, 0.15) is 11.1 Å². The van der Waals surface area contributed by atoms with Crippen LogP contribution < -0.4 is 9.47 Å². The van der Waals surface area contributed by atoms with Gasteiger partial charge in [0.25, 0.3) is 0 Å². The predicted octanol–water partition coefficient (Wildman–Crippen LogP) is 2.83. The highest BCUT2D eigenvalue weighted by Gasteiger charge is 2.29. The molecule has 1 aliphatic rings. The number of benzene rings is 2. The van der Waals surface area contributed by atoms with E-state index in [1.165, 1.54) is 17.5 Å². The van der Waals surface area contributed by atoms with Crippen LogP contribution >= 0.6 is 11.6 Å². The smallest absolute Gasteiger partial charge is 0.315 e. The number of sulfonamides is 1. The molecule has 9 heteroatoms. The normalized spacial score (nSPS) is 15.1. The Morgan fingerprint density at radius 1 is 1.14 bits per heavy atom. The lowest BCUT2D eigenvalue weighted by atomic mass is 10.1. The number of morpholine rings is 1. The fraction of sp³-hybridized carbons (Fsp3) is 0.350. The zero-order valence-corrected chi connectivity index (χ0v) is 17.8. The molecule has 7 nitrogen and oxygen atoms in total. The summed E-state index contributed by atoms with van der Waals surface area (Å²) in [6.45, 7) is 3.01. The first kappa shape index (κ1) is 21.6. The summed E-state index contributed by atoms with van der Waals surface area (Å²) in [7, 11) is -2.36. The molecule has 0 aromatic heterocycles. The number of carbonyl (C=O) groups excluding carboxylic acids is 1. The summed E-state index contributed by atoms with van der Waals surface area (Å²) in [4.78, 5) is 12.4. The topological polar surface area (TPSA) is 82.1 Å². The van der Waals surface area contributed by atoms with Gasteiger partial charge in [-0.2, -0.15) is 4.31 Å². The summed E-state index contributed by atoms with van der Waals surface area (Å²) < 4.78 is 43.3. The van der Waals surface area contributed by atoms with Gasteiger partial charge >= 0.3 is 5.97 Å². The second-order valence-corrected chi connectivity index (χ2v) is 8.91. The van der Waals surface area contributed by atoms with E-state index in [4.69, 9.17) is 25.8 Å². The van der Waals surface area contributed by atoms with Crippen LogP contribution in [-0.4, -0.2) is 52.1 Å². The summed E-state index contributed by atoms with van der Waals surface area (Å²) in [5.41, 5.74) is 1.24. The van der Waals surface area contributed by atoms with Crippen molar-refractivity contribution < 1.29 is 27.4 Å². The molecule has 3 rings (SSSR count). The number of hydrogen-bond acceptors (Lipinski definition) is 6. The fourth-order valence-electron chi connectivity index (χ4n) is 3.01. The number of nitrogens with zero attached hydrogens (tertiary/aromatic N) is 1. The van der Waals surface area contributed by atoms with Gasteiger partial charge in [-0.15, -0.1) is 0 Å². The summed E-state index contributed by atoms with van der Waals surface area (Å²) >= 11 is 5.91. The molecule has 1 fully saturated rings. The van der Waals surface area contributed by atoms with Crippen molar-refractivity contribution in [2.75, 3.05) is 33.4 Å². The molecule has 0 radical (unpaired) electrons. The molecule has 2 aromatic rings. The van der Waals surface area contributed by atoms with Gasteiger partial charge in [-0.25, -0.2) is 8.42 Å². The van der Waals surface area contributed by atoms with Crippen LogP contribution in [0.25, 0.3) is 0 Å². The van der Waals surface area contributed by atoms with Crippen molar-refractivity contribution in [3.05, 3.63) is 52.5 Å². The molecule has 0 amide bonds. The van der Waals surface area contributed by atoms with Crippen molar-refractivity contribution in [3.8, 4) is 11.5 Å². The summed E-state index contributed by atoms with van der Waals surface area (Å²) in [6, 6.07) is 9.61. The van der Waals surface area contributed by atoms with E-state index in [0.29, 0.717) is 29.5 Å². The Morgan fingerprint density at radius 3 is 2.48 bits per heavy atom. The summed E-state index contributed by atoms with van der Waals surface area (Å²) in [6.07, 6.45) is -0.0856. The Labute approximate surface area is 175 Å². The molecule has 1 aliphatic heterocycles. The van der Waals surface area contributed by atoms with Gasteiger partial charge in [-0.1, -0.05) is 17.7 Å². The molecular weight excluding hydrogens is 418 g/mol. The van der Waals surface area contributed by atoms with Gasteiger partial charge in [-0.05, 0) is 48.4 Å². The van der Waals surface area contributed by atoms with Gasteiger partial charge in [0.1, 0.15) is 16.4 Å². The van der Waals surface area contributed by atoms with Crippen molar-refractivity contribution in [2.24, 2.45) is 0 Å². The third-order valence-corrected chi connectivity index (χ3v) is 6.68. The zero-order valence-electron chi connectivity index (χ0n) is 16.2. The number of methoxy groups -OCH3 is 1. The van der Waals surface area contributed by atoms with Gasteiger partial charge in [-0.3, -0.25) is 4.79 Å². The number of ether oxygens (including phenoxy) is 3. The van der Waals surface area contributed by atoms with Gasteiger partial charge in [0.05, 0.1) is 26.7 Å². The van der Waals surface area contributed by atoms with Gasteiger partial charge < -0.3 is 14.2 Å². The van der Waals surface area contributed by atoms with Crippen molar-refractivity contribution in [1.29, 1.82) is 0 Å². The highest BCUT2D eigenvalue weighted by molar-refractivity contribution is 7.89. The average molecular weight is 440 g/mol. The predicted molar refractivity (Wildman–Crippen MR) is 108 cm³/mol. The monoisotopic (exact) mass is 439 g/mol. The molecule has 0 saturated carbocycles. The molecule has 156 valence electrons. The maximum atomic E-state index is 13.0. The Balaban J connectivity index is 1.81. The second-order valence-electron chi connectivity index (χ2n) is 6.56. The lowest BCUT2D eigenvalue weighted by Gasteiger charge is -2.26. The number of rotatable bonds is 6. The Morgan fingerprint density at radius 2 is 1.83 bits per heavy atom. The van der Waals surface area contributed by atoms with E-state index in [1.807, 2.05) is 0 Å². The molecule has 0 bridgehead atoms. The second kappa shape index (κ2) is 9.13. The number of carbonyl (C=O) groups is 1. The first-order valence-electron chi connectivity index (χ1n) is 9.03. The van der Waals surface area contributed by atoms with Crippen LogP contribution in [0.4, 0.5) is 0 Å². The van der Waals surface area contributed by atoms with Crippen molar-refractivity contribution >= 4 is 27.6 Å². The number of aryl methyl sites for hydroxylation is 1. The first-order chi connectivity index (χ1) is 13.8. The summed E-state index contributed by atoms with van der Waals surface area (Å²) in [5.74, 6) is 0.131. The molecule has 0 spiro atoms. The lowest BCUT2D eigenvalue weighted by Crippen LogP contribution is -2.40. The minimum atomic E-state index is -3.77. The highest BCUT2D eigenvalue weighted by Crippen LogP contribution is 2.29. The van der Waals surface area contributed by atoms with E-state index >= 15 is 0 Å². The largest absolute Gasteiger partial charge is 0.495 e. The van der Waals surface area contributed by atoms with Crippen LogP contribution in [0, 0.1) is 6.92 Å². The van der Waals surface area contributed by atoms with E-state index in [-0.39, 0.29) is 30.2 Å². The molecule has 0 aliphatic carbocycles. The van der Waals surface area contributed by atoms with E-state index in [1.54, 1.807) is 37.3 Å². The minimum Gasteiger partial charge on any atom is -0.495 e. The molecule has 29 heavy (non-hydrogen) atoms. The standard InChI is InChI=1S/C20H22ClNO6S/c1-14-11-16(21)4-6-17(14)28-20(23)13-15-3-5-18(26-2)19(12-15)29(24,25)22-7-9-27-10-8-22/h3-6,11-12H,7-10,13H2,1-2H3. The van der Waals surface area contributed by atoms with Crippen LogP contribution in [0.15, 0.2) is 41.3 Å². The van der Waals surface area contributed by atoms with Crippen LogP contribution in [0.2, 0.25) is 5.02 Å². The molecule has 0 atom stereocenters. The third kappa shape index (κ3) is 5.08. The third-order valence-electron chi connectivity index (χ3n) is 4.53. The van der Waals surface area contributed by atoms with Crippen molar-refractivity contribution in [2.45, 2.75) is 18.2 Å². The number of esters is 1. The molecule has 1 heterocycles. The van der Waals surface area contributed by atoms with E-state index in [9.17, 15) is 13.2 Å². The average Bonchev–Trinajstić information content (AvgIpc) is 2.70. The zero-order chi connectivity index (χ0) is 21.0. The SMILES string of the molecule is COc1ccc(CC(=O)Oc2ccc(Cl)cc2C)cc1S(=O)(=O)N1CCOCC1. The fourth-order valence-corrected chi connectivity index (χ4v) is 4.85. The van der Waals surface area contributed by atoms with Crippen LogP contribution in [0.5, 0.6) is 11.5 Å². The van der Waals surface area contributed by atoms with Gasteiger partial charge in [0.2, 0.25) is 10.0 Å². The highest BCUT2D eigenvalue weighted by atomic mass is 35.5. The Bertz CT molecular complexity index is 1000. The van der Waals surface area contributed by atoms with Gasteiger partial charge in [0, 0.05) is 18.1 Å². The lowest BCUT2D eigenvalue weighted by molar-refractivity contribution is -0.133. The Hall–Kier alpha value is -2.13. The molecule has 2 aromatic carbocycles. The van der Waals surface area contributed by atoms with Gasteiger partial charge in [0.15, 0.2) is 0 Å². The van der Waals surface area contributed by atoms with E-state index < -0.39 is 16.0 Å². The molecule has 0 unspecified atom stereocenters. The van der Waals surface area contributed by atoms with Crippen LogP contribution in [-0.2, 0) is 26.0 Å². The van der Waals surface area contributed by atoms with E-state index in [2.05, 4.69) is 0 Å². The quantitative estimate of drug-likeness (QED) is 0.508. The molecular formula is C20H22ClNO6S.